The largest absolute Gasteiger partial charge is 0.358 e. The average Bonchev–Trinajstić information content (AvgIpc) is 2.60. The SMILES string of the molecule is CNC(=O)CNC(=O)C1CCC(=O)N1. The summed E-state index contributed by atoms with van der Waals surface area (Å²) < 4.78 is 0. The van der Waals surface area contributed by atoms with Crippen molar-refractivity contribution in [2.45, 2.75) is 18.9 Å². The smallest absolute Gasteiger partial charge is 0.243 e. The van der Waals surface area contributed by atoms with E-state index in [1.807, 2.05) is 0 Å². The molecule has 0 aliphatic carbocycles. The Kier molecular flexibility index (Phi) is 3.44. The van der Waals surface area contributed by atoms with Crippen LogP contribution in [0.4, 0.5) is 0 Å². The van der Waals surface area contributed by atoms with Crippen LogP contribution in [-0.2, 0) is 14.4 Å². The maximum atomic E-state index is 11.3. The van der Waals surface area contributed by atoms with E-state index in [0.717, 1.165) is 0 Å². The standard InChI is InChI=1S/C8H13N3O3/c1-9-7(13)4-10-8(14)5-2-3-6(12)11-5/h5H,2-4H2,1H3,(H,9,13)(H,10,14)(H,11,12). The second-order valence-corrected chi connectivity index (χ2v) is 3.05. The van der Waals surface area contributed by atoms with Crippen molar-refractivity contribution in [2.75, 3.05) is 13.6 Å². The van der Waals surface area contributed by atoms with Crippen LogP contribution in [-0.4, -0.2) is 37.4 Å². The zero-order valence-corrected chi connectivity index (χ0v) is 7.92. The van der Waals surface area contributed by atoms with Crippen molar-refractivity contribution < 1.29 is 14.4 Å². The van der Waals surface area contributed by atoms with Crippen LogP contribution in [0.3, 0.4) is 0 Å². The minimum absolute atomic E-state index is 0.0539. The lowest BCUT2D eigenvalue weighted by molar-refractivity contribution is -0.128. The summed E-state index contributed by atoms with van der Waals surface area (Å²) in [6, 6.07) is -0.479. The molecule has 0 radical (unpaired) electrons. The number of rotatable bonds is 3. The van der Waals surface area contributed by atoms with E-state index in [1.165, 1.54) is 7.05 Å². The molecule has 6 heteroatoms. The quantitative estimate of drug-likeness (QED) is 0.497. The van der Waals surface area contributed by atoms with Crippen LogP contribution in [0.25, 0.3) is 0 Å². The molecule has 0 aromatic carbocycles. The molecule has 1 aliphatic heterocycles. The van der Waals surface area contributed by atoms with E-state index >= 15 is 0 Å². The highest BCUT2D eigenvalue weighted by atomic mass is 16.2. The van der Waals surface area contributed by atoms with Gasteiger partial charge in [0, 0.05) is 13.5 Å². The summed E-state index contributed by atoms with van der Waals surface area (Å²) >= 11 is 0. The van der Waals surface area contributed by atoms with Crippen LogP contribution in [0.5, 0.6) is 0 Å². The van der Waals surface area contributed by atoms with Gasteiger partial charge in [-0.3, -0.25) is 14.4 Å². The number of carbonyl (C=O) groups is 3. The van der Waals surface area contributed by atoms with Crippen molar-refractivity contribution in [3.63, 3.8) is 0 Å². The van der Waals surface area contributed by atoms with Gasteiger partial charge in [0.1, 0.15) is 6.04 Å². The highest BCUT2D eigenvalue weighted by Crippen LogP contribution is 2.05. The van der Waals surface area contributed by atoms with Crippen molar-refractivity contribution in [1.82, 2.24) is 16.0 Å². The van der Waals surface area contributed by atoms with Crippen LogP contribution >= 0.6 is 0 Å². The highest BCUT2D eigenvalue weighted by Gasteiger charge is 2.26. The summed E-state index contributed by atoms with van der Waals surface area (Å²) in [6.45, 7) is -0.0539. The average molecular weight is 199 g/mol. The van der Waals surface area contributed by atoms with Crippen LogP contribution in [0, 0.1) is 0 Å². The van der Waals surface area contributed by atoms with Crippen LogP contribution < -0.4 is 16.0 Å². The molecule has 1 aliphatic rings. The Morgan fingerprint density at radius 1 is 1.57 bits per heavy atom. The fourth-order valence-corrected chi connectivity index (χ4v) is 1.19. The van der Waals surface area contributed by atoms with Gasteiger partial charge >= 0.3 is 0 Å². The van der Waals surface area contributed by atoms with Crippen LogP contribution in [0.2, 0.25) is 0 Å². The Labute approximate surface area is 81.4 Å². The number of carbonyl (C=O) groups excluding carboxylic acids is 3. The topological polar surface area (TPSA) is 87.3 Å². The lowest BCUT2D eigenvalue weighted by Crippen LogP contribution is -2.44. The third kappa shape index (κ3) is 2.72. The molecule has 14 heavy (non-hydrogen) atoms. The Morgan fingerprint density at radius 3 is 2.79 bits per heavy atom. The monoisotopic (exact) mass is 199 g/mol. The molecule has 0 bridgehead atoms. The second kappa shape index (κ2) is 4.59. The predicted octanol–water partition coefficient (Wildman–Crippen LogP) is -1.87. The molecule has 78 valence electrons. The number of amides is 3. The van der Waals surface area contributed by atoms with E-state index in [0.29, 0.717) is 12.8 Å². The van der Waals surface area contributed by atoms with Gasteiger partial charge in [-0.2, -0.15) is 0 Å². The third-order valence-corrected chi connectivity index (χ3v) is 2.01. The Bertz CT molecular complexity index is 265. The van der Waals surface area contributed by atoms with Gasteiger partial charge in [0.2, 0.25) is 17.7 Å². The molecule has 1 unspecified atom stereocenters. The molecule has 6 nitrogen and oxygen atoms in total. The maximum absolute atomic E-state index is 11.3. The minimum Gasteiger partial charge on any atom is -0.358 e. The van der Waals surface area contributed by atoms with Gasteiger partial charge in [-0.05, 0) is 6.42 Å². The lowest BCUT2D eigenvalue weighted by Gasteiger charge is -2.09. The van der Waals surface area contributed by atoms with Gasteiger partial charge in [0.05, 0.1) is 6.54 Å². The summed E-state index contributed by atoms with van der Waals surface area (Å²) in [7, 11) is 1.49. The van der Waals surface area contributed by atoms with Crippen molar-refractivity contribution in [2.24, 2.45) is 0 Å². The zero-order chi connectivity index (χ0) is 10.6. The van der Waals surface area contributed by atoms with E-state index < -0.39 is 6.04 Å². The molecule has 0 spiro atoms. The van der Waals surface area contributed by atoms with E-state index in [9.17, 15) is 14.4 Å². The second-order valence-electron chi connectivity index (χ2n) is 3.05. The van der Waals surface area contributed by atoms with E-state index in [4.69, 9.17) is 0 Å². The lowest BCUT2D eigenvalue weighted by atomic mass is 10.2. The number of hydrogen-bond donors (Lipinski definition) is 3. The first-order valence-corrected chi connectivity index (χ1v) is 4.41. The number of nitrogens with one attached hydrogen (secondary N) is 3. The fourth-order valence-electron chi connectivity index (χ4n) is 1.19. The molecular formula is C8H13N3O3. The molecule has 0 aromatic rings. The Hall–Kier alpha value is -1.59. The van der Waals surface area contributed by atoms with Gasteiger partial charge in [-0.25, -0.2) is 0 Å². The first kappa shape index (κ1) is 10.5. The summed E-state index contributed by atoms with van der Waals surface area (Å²) in [6.07, 6.45) is 0.871. The summed E-state index contributed by atoms with van der Waals surface area (Å²) in [5, 5.41) is 7.32. The molecular weight excluding hydrogens is 186 g/mol. The Balaban J connectivity index is 2.28. The summed E-state index contributed by atoms with van der Waals surface area (Å²) in [5.74, 6) is -0.688. The van der Waals surface area contributed by atoms with Gasteiger partial charge in [0.15, 0.2) is 0 Å². The van der Waals surface area contributed by atoms with Gasteiger partial charge < -0.3 is 16.0 Å². The molecule has 3 amide bonds. The molecule has 1 rings (SSSR count). The van der Waals surface area contributed by atoms with Crippen LogP contribution in [0.1, 0.15) is 12.8 Å². The maximum Gasteiger partial charge on any atom is 0.243 e. The van der Waals surface area contributed by atoms with E-state index in [2.05, 4.69) is 16.0 Å². The van der Waals surface area contributed by atoms with E-state index in [1.54, 1.807) is 0 Å². The summed E-state index contributed by atoms with van der Waals surface area (Å²) in [4.78, 5) is 32.9. The zero-order valence-electron chi connectivity index (χ0n) is 7.92. The van der Waals surface area contributed by atoms with E-state index in [-0.39, 0.29) is 24.3 Å². The molecule has 1 heterocycles. The van der Waals surface area contributed by atoms with Crippen molar-refractivity contribution in [1.29, 1.82) is 0 Å². The first-order valence-electron chi connectivity index (χ1n) is 4.41. The third-order valence-electron chi connectivity index (χ3n) is 2.01. The number of likely N-dealkylation sites (N-methyl/N-ethyl adjacent to an activating group) is 1. The van der Waals surface area contributed by atoms with Crippen molar-refractivity contribution in [3.05, 3.63) is 0 Å². The van der Waals surface area contributed by atoms with Gasteiger partial charge in [-0.1, -0.05) is 0 Å². The Morgan fingerprint density at radius 2 is 2.29 bits per heavy atom. The molecule has 1 atom stereocenters. The molecule has 0 aromatic heterocycles. The normalized spacial score (nSPS) is 20.1. The van der Waals surface area contributed by atoms with Gasteiger partial charge in [-0.15, -0.1) is 0 Å². The molecule has 3 N–H and O–H groups in total. The predicted molar refractivity (Wildman–Crippen MR) is 48.2 cm³/mol. The van der Waals surface area contributed by atoms with Crippen molar-refractivity contribution >= 4 is 17.7 Å². The summed E-state index contributed by atoms with van der Waals surface area (Å²) in [5.41, 5.74) is 0. The minimum atomic E-state index is -0.479. The van der Waals surface area contributed by atoms with Crippen LogP contribution in [0.15, 0.2) is 0 Å². The number of hydrogen-bond acceptors (Lipinski definition) is 3. The first-order chi connectivity index (χ1) is 6.63. The van der Waals surface area contributed by atoms with Gasteiger partial charge in [0.25, 0.3) is 0 Å². The fraction of sp³-hybridized carbons (Fsp3) is 0.625. The highest BCUT2D eigenvalue weighted by molar-refractivity contribution is 5.92. The molecule has 1 fully saturated rings. The van der Waals surface area contributed by atoms with Crippen molar-refractivity contribution in [3.8, 4) is 0 Å². The molecule has 1 saturated heterocycles. The molecule has 0 saturated carbocycles.